The van der Waals surface area contributed by atoms with Crippen LogP contribution in [0.4, 0.5) is 10.1 Å². The lowest BCUT2D eigenvalue weighted by Crippen LogP contribution is -3.12. The van der Waals surface area contributed by atoms with Gasteiger partial charge >= 0.3 is 5.69 Å². The van der Waals surface area contributed by atoms with Gasteiger partial charge in [-0.05, 0) is 17.7 Å². The van der Waals surface area contributed by atoms with Crippen molar-refractivity contribution in [1.29, 1.82) is 0 Å². The Morgan fingerprint density at radius 2 is 1.92 bits per heavy atom. The average molecular weight is 380 g/mol. The highest BCUT2D eigenvalue weighted by Crippen LogP contribution is 2.30. The van der Waals surface area contributed by atoms with Gasteiger partial charge in [0, 0.05) is 6.07 Å². The maximum Gasteiger partial charge on any atom is 0.306 e. The summed E-state index contributed by atoms with van der Waals surface area (Å²) in [6.07, 6.45) is 0. The number of nitro benzene ring substituents is 1. The summed E-state index contributed by atoms with van der Waals surface area (Å²) in [5, 5.41) is 11.0. The summed E-state index contributed by atoms with van der Waals surface area (Å²) in [6, 6.07) is 11.5. The van der Waals surface area contributed by atoms with Crippen molar-refractivity contribution < 1.29 is 22.6 Å². The van der Waals surface area contributed by atoms with Crippen LogP contribution in [0.3, 0.4) is 0 Å². The fourth-order valence-electron chi connectivity index (χ4n) is 3.17. The van der Waals surface area contributed by atoms with E-state index in [1.54, 1.807) is 0 Å². The first-order valence-corrected chi connectivity index (χ1v) is 9.57. The number of rotatable bonds is 4. The summed E-state index contributed by atoms with van der Waals surface area (Å²) in [7, 11) is -2.02. The number of sulfonamides is 1. The number of hydrogen-bond acceptors (Lipinski definition) is 4. The highest BCUT2D eigenvalue weighted by Gasteiger charge is 2.38. The standard InChI is InChI=1S/C17H18FN3O4S/c1-19-9-10-20(17(12-19)13-5-3-2-4-6-13)26(24,25)14-7-8-15(18)16(11-14)21(22)23/h2-8,11,17H,9-10,12H2,1H3/p+1/t17-/m0/s1. The number of halogens is 1. The van der Waals surface area contributed by atoms with Crippen molar-refractivity contribution >= 4 is 15.7 Å². The van der Waals surface area contributed by atoms with E-state index in [9.17, 15) is 22.9 Å². The molecule has 0 aliphatic carbocycles. The minimum atomic E-state index is -4.01. The summed E-state index contributed by atoms with van der Waals surface area (Å²) in [5.41, 5.74) is 0.00817. The smallest absolute Gasteiger partial charge is 0.306 e. The monoisotopic (exact) mass is 380 g/mol. The second-order valence-corrected chi connectivity index (χ2v) is 8.21. The summed E-state index contributed by atoms with van der Waals surface area (Å²) in [4.78, 5) is 11.0. The molecule has 138 valence electrons. The summed E-state index contributed by atoms with van der Waals surface area (Å²) in [5.74, 6) is -1.06. The van der Waals surface area contributed by atoms with Crippen molar-refractivity contribution in [2.24, 2.45) is 0 Å². The van der Waals surface area contributed by atoms with E-state index < -0.39 is 26.5 Å². The van der Waals surface area contributed by atoms with Gasteiger partial charge in [0.05, 0.1) is 42.5 Å². The first-order chi connectivity index (χ1) is 12.3. The van der Waals surface area contributed by atoms with Gasteiger partial charge in [-0.2, -0.15) is 8.70 Å². The van der Waals surface area contributed by atoms with Crippen molar-refractivity contribution in [3.63, 3.8) is 0 Å². The number of hydrogen-bond donors (Lipinski definition) is 1. The molecule has 2 aromatic rings. The molecule has 26 heavy (non-hydrogen) atoms. The molecule has 0 radical (unpaired) electrons. The number of nitrogens with one attached hydrogen (secondary N) is 1. The number of piperazine rings is 1. The normalized spacial score (nSPS) is 21.5. The largest absolute Gasteiger partial charge is 0.335 e. The molecule has 1 heterocycles. The average Bonchev–Trinajstić information content (AvgIpc) is 2.62. The van der Waals surface area contributed by atoms with E-state index in [2.05, 4.69) is 0 Å². The third-order valence-electron chi connectivity index (χ3n) is 4.55. The molecule has 3 rings (SSSR count). The van der Waals surface area contributed by atoms with Crippen molar-refractivity contribution in [3.05, 3.63) is 70.0 Å². The molecule has 1 saturated heterocycles. The second kappa shape index (κ2) is 7.10. The molecule has 1 aliphatic rings. The van der Waals surface area contributed by atoms with E-state index in [1.807, 2.05) is 37.4 Å². The molecular formula is C17H19FN3O4S+. The number of likely N-dealkylation sites (N-methyl/N-ethyl adjacent to an activating group) is 1. The Balaban J connectivity index is 2.04. The van der Waals surface area contributed by atoms with Crippen molar-refractivity contribution in [2.45, 2.75) is 10.9 Å². The van der Waals surface area contributed by atoms with Gasteiger partial charge in [0.25, 0.3) is 0 Å². The minimum Gasteiger partial charge on any atom is -0.335 e. The second-order valence-electron chi connectivity index (χ2n) is 6.32. The molecule has 7 nitrogen and oxygen atoms in total. The summed E-state index contributed by atoms with van der Waals surface area (Å²) in [6.45, 7) is 1.47. The zero-order valence-electron chi connectivity index (χ0n) is 14.1. The highest BCUT2D eigenvalue weighted by molar-refractivity contribution is 7.89. The van der Waals surface area contributed by atoms with Gasteiger partial charge < -0.3 is 4.90 Å². The van der Waals surface area contributed by atoms with E-state index in [0.717, 1.165) is 23.8 Å². The van der Waals surface area contributed by atoms with Crippen molar-refractivity contribution in [3.8, 4) is 0 Å². The Kier molecular flexibility index (Phi) is 5.03. The molecule has 0 amide bonds. The fourth-order valence-corrected chi connectivity index (χ4v) is 4.80. The van der Waals surface area contributed by atoms with Crippen LogP contribution in [0.15, 0.2) is 53.4 Å². The van der Waals surface area contributed by atoms with Gasteiger partial charge in [0.2, 0.25) is 15.8 Å². The molecule has 1 unspecified atom stereocenters. The van der Waals surface area contributed by atoms with E-state index in [4.69, 9.17) is 0 Å². The molecular weight excluding hydrogens is 361 g/mol. The summed E-state index contributed by atoms with van der Waals surface area (Å²) >= 11 is 0. The minimum absolute atomic E-state index is 0.272. The summed E-state index contributed by atoms with van der Waals surface area (Å²) < 4.78 is 41.2. The van der Waals surface area contributed by atoms with Gasteiger partial charge in [-0.1, -0.05) is 30.3 Å². The van der Waals surface area contributed by atoms with Gasteiger partial charge in [0.1, 0.15) is 0 Å². The van der Waals surface area contributed by atoms with E-state index >= 15 is 0 Å². The number of quaternary nitrogens is 1. The van der Waals surface area contributed by atoms with Gasteiger partial charge in [0.15, 0.2) is 0 Å². The molecule has 1 aliphatic heterocycles. The van der Waals surface area contributed by atoms with Gasteiger partial charge in [-0.15, -0.1) is 0 Å². The number of benzene rings is 2. The fraction of sp³-hybridized carbons (Fsp3) is 0.294. The molecule has 0 bridgehead atoms. The van der Waals surface area contributed by atoms with Crippen molar-refractivity contribution in [1.82, 2.24) is 4.31 Å². The molecule has 1 fully saturated rings. The Morgan fingerprint density at radius 1 is 1.23 bits per heavy atom. The van der Waals surface area contributed by atoms with Gasteiger partial charge in [-0.25, -0.2) is 8.42 Å². The lowest BCUT2D eigenvalue weighted by molar-refractivity contribution is -0.887. The highest BCUT2D eigenvalue weighted by atomic mass is 32.2. The lowest BCUT2D eigenvalue weighted by atomic mass is 10.1. The van der Waals surface area contributed by atoms with Gasteiger partial charge in [-0.3, -0.25) is 10.1 Å². The molecule has 2 atom stereocenters. The predicted octanol–water partition coefficient (Wildman–Crippen LogP) is 0.994. The molecule has 1 N–H and O–H groups in total. The van der Waals surface area contributed by atoms with Crippen LogP contribution in [0.5, 0.6) is 0 Å². The quantitative estimate of drug-likeness (QED) is 0.633. The molecule has 9 heteroatoms. The van der Waals surface area contributed by atoms with Crippen LogP contribution < -0.4 is 4.90 Å². The maximum atomic E-state index is 13.6. The van der Waals surface area contributed by atoms with E-state index in [-0.39, 0.29) is 17.5 Å². The lowest BCUT2D eigenvalue weighted by Gasteiger charge is -2.37. The SMILES string of the molecule is C[NH+]1CCN(S(=O)(=O)c2ccc(F)c([N+](=O)[O-])c2)[C@H](c2ccccc2)C1. The first kappa shape index (κ1) is 18.4. The van der Waals surface area contributed by atoms with Crippen LogP contribution in [0, 0.1) is 15.9 Å². The molecule has 0 saturated carbocycles. The topological polar surface area (TPSA) is 85.0 Å². The van der Waals surface area contributed by atoms with Crippen LogP contribution in [-0.2, 0) is 10.0 Å². The Labute approximate surface area is 150 Å². The van der Waals surface area contributed by atoms with Crippen LogP contribution in [0.25, 0.3) is 0 Å². The van der Waals surface area contributed by atoms with Crippen LogP contribution in [-0.4, -0.2) is 44.3 Å². The van der Waals surface area contributed by atoms with E-state index in [0.29, 0.717) is 13.1 Å². The zero-order valence-corrected chi connectivity index (χ0v) is 14.9. The van der Waals surface area contributed by atoms with Crippen LogP contribution >= 0.6 is 0 Å². The molecule has 2 aromatic carbocycles. The number of nitro groups is 1. The Morgan fingerprint density at radius 3 is 2.58 bits per heavy atom. The first-order valence-electron chi connectivity index (χ1n) is 8.12. The maximum absolute atomic E-state index is 13.6. The molecule has 0 aromatic heterocycles. The van der Waals surface area contributed by atoms with Crippen LogP contribution in [0.2, 0.25) is 0 Å². The predicted molar refractivity (Wildman–Crippen MR) is 92.7 cm³/mol. The van der Waals surface area contributed by atoms with E-state index in [1.165, 1.54) is 9.21 Å². The number of nitrogens with zero attached hydrogens (tertiary/aromatic N) is 2. The zero-order chi connectivity index (χ0) is 18.9. The Bertz CT molecular complexity index is 921. The molecule has 0 spiro atoms. The third kappa shape index (κ3) is 3.46. The Hall–Kier alpha value is -2.36. The van der Waals surface area contributed by atoms with Crippen molar-refractivity contribution in [2.75, 3.05) is 26.7 Å². The third-order valence-corrected chi connectivity index (χ3v) is 6.46. The van der Waals surface area contributed by atoms with Crippen LogP contribution in [0.1, 0.15) is 11.6 Å².